The van der Waals surface area contributed by atoms with Gasteiger partial charge in [-0.05, 0) is 50.2 Å². The Balaban J connectivity index is 1.46. The van der Waals surface area contributed by atoms with Gasteiger partial charge in [-0.2, -0.15) is 4.31 Å². The van der Waals surface area contributed by atoms with Gasteiger partial charge in [-0.25, -0.2) is 13.4 Å². The van der Waals surface area contributed by atoms with E-state index in [-0.39, 0.29) is 4.90 Å². The highest BCUT2D eigenvalue weighted by atomic mass is 35.5. The minimum atomic E-state index is -3.50. The van der Waals surface area contributed by atoms with Crippen molar-refractivity contribution in [3.05, 3.63) is 64.0 Å². The van der Waals surface area contributed by atoms with E-state index in [1.807, 2.05) is 0 Å². The average Bonchev–Trinajstić information content (AvgIpc) is 3.18. The van der Waals surface area contributed by atoms with E-state index in [1.54, 1.807) is 35.6 Å². The first kappa shape index (κ1) is 20.3. The van der Waals surface area contributed by atoms with Gasteiger partial charge in [0, 0.05) is 42.1 Å². The van der Waals surface area contributed by atoms with Crippen LogP contribution in [0.2, 0.25) is 5.02 Å². The monoisotopic (exact) mass is 447 g/mol. The minimum absolute atomic E-state index is 0.279. The Labute approximate surface area is 180 Å². The van der Waals surface area contributed by atoms with Crippen molar-refractivity contribution < 1.29 is 8.42 Å². The SMILES string of the molecule is Cc1cc(C)cc(-c2csc(N3CCN(S(=O)(=O)c4ccc(Cl)cc4)CC3)n2)c1. The van der Waals surface area contributed by atoms with E-state index in [2.05, 4.69) is 42.3 Å². The average molecular weight is 448 g/mol. The highest BCUT2D eigenvalue weighted by Crippen LogP contribution is 2.30. The molecule has 0 atom stereocenters. The molecule has 0 spiro atoms. The van der Waals surface area contributed by atoms with Crippen molar-refractivity contribution in [3.63, 3.8) is 0 Å². The maximum absolute atomic E-state index is 12.8. The molecule has 1 saturated heterocycles. The van der Waals surface area contributed by atoms with Gasteiger partial charge in [-0.3, -0.25) is 0 Å². The zero-order valence-corrected chi connectivity index (χ0v) is 18.7. The summed E-state index contributed by atoms with van der Waals surface area (Å²) in [5.74, 6) is 0. The van der Waals surface area contributed by atoms with Crippen LogP contribution in [0.15, 0.2) is 52.7 Å². The number of rotatable bonds is 4. The molecule has 0 unspecified atom stereocenters. The number of anilines is 1. The van der Waals surface area contributed by atoms with Gasteiger partial charge in [-0.15, -0.1) is 11.3 Å². The second kappa shape index (κ2) is 8.07. The summed E-state index contributed by atoms with van der Waals surface area (Å²) in [6, 6.07) is 12.8. The fourth-order valence-electron chi connectivity index (χ4n) is 3.54. The molecule has 2 aromatic carbocycles. The van der Waals surface area contributed by atoms with Crippen molar-refractivity contribution in [2.45, 2.75) is 18.7 Å². The number of piperazine rings is 1. The van der Waals surface area contributed by atoms with Gasteiger partial charge in [0.1, 0.15) is 0 Å². The molecule has 0 N–H and O–H groups in total. The van der Waals surface area contributed by atoms with E-state index >= 15 is 0 Å². The third-order valence-electron chi connectivity index (χ3n) is 4.97. The summed E-state index contributed by atoms with van der Waals surface area (Å²) < 4.78 is 27.2. The van der Waals surface area contributed by atoms with Crippen LogP contribution in [0.3, 0.4) is 0 Å². The summed E-state index contributed by atoms with van der Waals surface area (Å²) in [5, 5.41) is 3.53. The zero-order chi connectivity index (χ0) is 20.6. The van der Waals surface area contributed by atoms with Crippen LogP contribution >= 0.6 is 22.9 Å². The molecule has 0 amide bonds. The summed E-state index contributed by atoms with van der Waals surface area (Å²) in [5.41, 5.74) is 4.52. The predicted octanol–water partition coefficient (Wildman–Crippen LogP) is 4.59. The molecule has 4 rings (SSSR count). The Morgan fingerprint density at radius 2 is 1.59 bits per heavy atom. The van der Waals surface area contributed by atoms with E-state index in [9.17, 15) is 8.42 Å². The molecule has 1 aliphatic rings. The second-order valence-corrected chi connectivity index (χ2v) is 10.4. The lowest BCUT2D eigenvalue weighted by Crippen LogP contribution is -2.48. The molecule has 3 aromatic rings. The van der Waals surface area contributed by atoms with Crippen molar-refractivity contribution in [3.8, 4) is 11.3 Å². The molecule has 152 valence electrons. The normalized spacial score (nSPS) is 15.6. The van der Waals surface area contributed by atoms with E-state index in [1.165, 1.54) is 15.4 Å². The number of sulfonamides is 1. The molecule has 0 bridgehead atoms. The Morgan fingerprint density at radius 1 is 0.966 bits per heavy atom. The molecule has 0 radical (unpaired) electrons. The number of nitrogens with zero attached hydrogens (tertiary/aromatic N) is 3. The van der Waals surface area contributed by atoms with Crippen LogP contribution in [-0.2, 0) is 10.0 Å². The summed E-state index contributed by atoms with van der Waals surface area (Å²) in [7, 11) is -3.50. The standard InChI is InChI=1S/C21H22ClN3O2S2/c1-15-11-16(2)13-17(12-15)20-14-28-21(23-20)24-7-9-25(10-8-24)29(26,27)19-5-3-18(22)4-6-19/h3-6,11-14H,7-10H2,1-2H3. The molecule has 2 heterocycles. The largest absolute Gasteiger partial charge is 0.345 e. The number of hydrogen-bond donors (Lipinski definition) is 0. The van der Waals surface area contributed by atoms with Crippen molar-refractivity contribution in [2.24, 2.45) is 0 Å². The van der Waals surface area contributed by atoms with Gasteiger partial charge < -0.3 is 4.90 Å². The van der Waals surface area contributed by atoms with E-state index in [4.69, 9.17) is 16.6 Å². The lowest BCUT2D eigenvalue weighted by Gasteiger charge is -2.33. The van der Waals surface area contributed by atoms with Crippen molar-refractivity contribution >= 4 is 38.1 Å². The minimum Gasteiger partial charge on any atom is -0.345 e. The molecule has 8 heteroatoms. The maximum atomic E-state index is 12.8. The summed E-state index contributed by atoms with van der Waals surface area (Å²) in [4.78, 5) is 7.24. The zero-order valence-electron chi connectivity index (χ0n) is 16.3. The molecule has 1 aromatic heterocycles. The van der Waals surface area contributed by atoms with Gasteiger partial charge in [0.05, 0.1) is 10.6 Å². The summed E-state index contributed by atoms with van der Waals surface area (Å²) in [6.45, 7) is 6.28. The van der Waals surface area contributed by atoms with E-state index in [0.29, 0.717) is 31.2 Å². The fraction of sp³-hybridized carbons (Fsp3) is 0.286. The van der Waals surface area contributed by atoms with Crippen molar-refractivity contribution in [1.29, 1.82) is 0 Å². The van der Waals surface area contributed by atoms with Gasteiger partial charge >= 0.3 is 0 Å². The third-order valence-corrected chi connectivity index (χ3v) is 8.04. The number of aromatic nitrogens is 1. The highest BCUT2D eigenvalue weighted by Gasteiger charge is 2.29. The quantitative estimate of drug-likeness (QED) is 0.586. The Bertz CT molecular complexity index is 1100. The number of thiazole rings is 1. The van der Waals surface area contributed by atoms with Crippen LogP contribution in [0.4, 0.5) is 5.13 Å². The molecule has 1 fully saturated rings. The molecule has 29 heavy (non-hydrogen) atoms. The van der Waals surface area contributed by atoms with Gasteiger partial charge in [-0.1, -0.05) is 28.8 Å². The van der Waals surface area contributed by atoms with Gasteiger partial charge in [0.2, 0.25) is 10.0 Å². The first-order chi connectivity index (χ1) is 13.8. The van der Waals surface area contributed by atoms with Crippen LogP contribution in [0.1, 0.15) is 11.1 Å². The lowest BCUT2D eigenvalue weighted by molar-refractivity contribution is 0.385. The number of hydrogen-bond acceptors (Lipinski definition) is 5. The first-order valence-corrected chi connectivity index (χ1v) is 12.1. The molecule has 5 nitrogen and oxygen atoms in total. The number of benzene rings is 2. The van der Waals surface area contributed by atoms with Crippen LogP contribution in [0.5, 0.6) is 0 Å². The van der Waals surface area contributed by atoms with Crippen molar-refractivity contribution in [2.75, 3.05) is 31.1 Å². The Kier molecular flexibility index (Phi) is 5.66. The number of aryl methyl sites for hydroxylation is 2. The summed E-state index contributed by atoms with van der Waals surface area (Å²) >= 11 is 7.48. The van der Waals surface area contributed by atoms with Crippen LogP contribution < -0.4 is 4.90 Å². The lowest BCUT2D eigenvalue weighted by atomic mass is 10.1. The smallest absolute Gasteiger partial charge is 0.243 e. The molecule has 1 aliphatic heterocycles. The first-order valence-electron chi connectivity index (χ1n) is 9.38. The third kappa shape index (κ3) is 4.33. The summed E-state index contributed by atoms with van der Waals surface area (Å²) in [6.07, 6.45) is 0. The predicted molar refractivity (Wildman–Crippen MR) is 119 cm³/mol. The van der Waals surface area contributed by atoms with E-state index in [0.717, 1.165) is 16.4 Å². The molecule has 0 aliphatic carbocycles. The van der Waals surface area contributed by atoms with Crippen molar-refractivity contribution in [1.82, 2.24) is 9.29 Å². The Hall–Kier alpha value is -1.93. The Morgan fingerprint density at radius 3 is 2.21 bits per heavy atom. The van der Waals surface area contributed by atoms with Crippen LogP contribution in [0.25, 0.3) is 11.3 Å². The molecule has 0 saturated carbocycles. The number of halogens is 1. The van der Waals surface area contributed by atoms with Crippen LogP contribution in [0, 0.1) is 13.8 Å². The fourth-order valence-corrected chi connectivity index (χ4v) is 5.98. The maximum Gasteiger partial charge on any atom is 0.243 e. The molecular formula is C21H22ClN3O2S2. The van der Waals surface area contributed by atoms with Gasteiger partial charge in [0.15, 0.2) is 5.13 Å². The molecular weight excluding hydrogens is 426 g/mol. The highest BCUT2D eigenvalue weighted by molar-refractivity contribution is 7.89. The van der Waals surface area contributed by atoms with Gasteiger partial charge in [0.25, 0.3) is 0 Å². The topological polar surface area (TPSA) is 53.5 Å². The van der Waals surface area contributed by atoms with Crippen LogP contribution in [-0.4, -0.2) is 43.9 Å². The second-order valence-electron chi connectivity index (χ2n) is 7.24. The van der Waals surface area contributed by atoms with E-state index < -0.39 is 10.0 Å².